The zero-order valence-electron chi connectivity index (χ0n) is 10.4. The van der Waals surface area contributed by atoms with Crippen molar-refractivity contribution in [1.29, 1.82) is 0 Å². The second kappa shape index (κ2) is 6.02. The fourth-order valence-electron chi connectivity index (χ4n) is 2.10. The average molecular weight is 222 g/mol. The van der Waals surface area contributed by atoms with Crippen molar-refractivity contribution in [2.45, 2.75) is 45.6 Å². The van der Waals surface area contributed by atoms with Crippen LogP contribution in [-0.2, 0) is 11.3 Å². The van der Waals surface area contributed by atoms with Crippen molar-refractivity contribution >= 4 is 0 Å². The van der Waals surface area contributed by atoms with Crippen molar-refractivity contribution in [3.05, 3.63) is 35.9 Å². The van der Waals surface area contributed by atoms with Crippen LogP contribution >= 0.6 is 0 Å². The van der Waals surface area contributed by atoms with Crippen LogP contribution in [0.2, 0.25) is 0 Å². The van der Waals surface area contributed by atoms with Gasteiger partial charge in [-0.3, -0.25) is 5.26 Å². The van der Waals surface area contributed by atoms with Crippen LogP contribution in [0.15, 0.2) is 30.3 Å². The van der Waals surface area contributed by atoms with Crippen LogP contribution in [0.25, 0.3) is 0 Å². The van der Waals surface area contributed by atoms with Crippen LogP contribution in [-0.4, -0.2) is 10.9 Å². The molecule has 0 aromatic heterocycles. The highest BCUT2D eigenvalue weighted by molar-refractivity contribution is 5.15. The van der Waals surface area contributed by atoms with E-state index < -0.39 is 5.60 Å². The highest BCUT2D eigenvalue weighted by Gasteiger charge is 2.26. The average Bonchev–Trinajstić information content (AvgIpc) is 2.27. The molecule has 0 aliphatic rings. The van der Waals surface area contributed by atoms with Crippen molar-refractivity contribution in [2.75, 3.05) is 0 Å². The second-order valence-corrected chi connectivity index (χ2v) is 5.12. The summed E-state index contributed by atoms with van der Waals surface area (Å²) in [6, 6.07) is 10.3. The van der Waals surface area contributed by atoms with E-state index in [0.717, 1.165) is 19.3 Å². The lowest BCUT2D eigenvalue weighted by Crippen LogP contribution is -2.30. The summed E-state index contributed by atoms with van der Waals surface area (Å²) in [6.07, 6.45) is 2.65. The molecule has 1 unspecified atom stereocenters. The molecule has 2 heteroatoms. The van der Waals surface area contributed by atoms with Crippen LogP contribution in [0.3, 0.4) is 0 Å². The number of rotatable bonds is 6. The molecule has 0 bridgehead atoms. The molecule has 1 aromatic carbocycles. The van der Waals surface area contributed by atoms with Gasteiger partial charge in [-0.15, -0.1) is 0 Å². The summed E-state index contributed by atoms with van der Waals surface area (Å²) in [5.41, 5.74) is 0.860. The third-order valence-corrected chi connectivity index (χ3v) is 2.85. The Kier molecular flexibility index (Phi) is 4.97. The number of benzene rings is 1. The molecule has 1 aromatic rings. The SMILES string of the molecule is CC(C)CC(C)(CCc1ccccc1)OO. The largest absolute Gasteiger partial charge is 0.251 e. The maximum Gasteiger partial charge on any atom is 0.101 e. The van der Waals surface area contributed by atoms with Gasteiger partial charge in [0.1, 0.15) is 5.60 Å². The van der Waals surface area contributed by atoms with E-state index in [0.29, 0.717) is 5.92 Å². The Morgan fingerprint density at radius 1 is 1.25 bits per heavy atom. The monoisotopic (exact) mass is 222 g/mol. The van der Waals surface area contributed by atoms with Crippen LogP contribution in [0, 0.1) is 5.92 Å². The molecular formula is C14H22O2. The molecule has 2 nitrogen and oxygen atoms in total. The molecule has 0 aliphatic carbocycles. The van der Waals surface area contributed by atoms with Crippen molar-refractivity contribution in [2.24, 2.45) is 5.92 Å². The third kappa shape index (κ3) is 4.33. The zero-order chi connectivity index (χ0) is 12.0. The highest BCUT2D eigenvalue weighted by Crippen LogP contribution is 2.25. The van der Waals surface area contributed by atoms with Gasteiger partial charge in [0.05, 0.1) is 0 Å². The van der Waals surface area contributed by atoms with E-state index in [4.69, 9.17) is 5.26 Å². The Hall–Kier alpha value is -0.860. The lowest BCUT2D eigenvalue weighted by Gasteiger charge is -2.27. The van der Waals surface area contributed by atoms with Gasteiger partial charge < -0.3 is 0 Å². The Balaban J connectivity index is 2.51. The van der Waals surface area contributed by atoms with E-state index in [1.54, 1.807) is 0 Å². The van der Waals surface area contributed by atoms with Gasteiger partial charge in [0.15, 0.2) is 0 Å². The number of aryl methyl sites for hydroxylation is 1. The zero-order valence-corrected chi connectivity index (χ0v) is 10.4. The van der Waals surface area contributed by atoms with E-state index in [9.17, 15) is 0 Å². The molecule has 0 fully saturated rings. The molecule has 0 aliphatic heterocycles. The van der Waals surface area contributed by atoms with Gasteiger partial charge in [0.2, 0.25) is 0 Å². The Labute approximate surface area is 98.2 Å². The quantitative estimate of drug-likeness (QED) is 0.584. The predicted octanol–water partition coefficient (Wildman–Crippen LogP) is 3.91. The molecule has 0 saturated carbocycles. The van der Waals surface area contributed by atoms with E-state index in [-0.39, 0.29) is 0 Å². The highest BCUT2D eigenvalue weighted by atomic mass is 17.1. The third-order valence-electron chi connectivity index (χ3n) is 2.85. The standard InChI is InChI=1S/C14H22O2/c1-12(2)11-14(3,16-15)10-9-13-7-5-4-6-8-13/h4-8,12,15H,9-11H2,1-3H3. The fourth-order valence-corrected chi connectivity index (χ4v) is 2.10. The van der Waals surface area contributed by atoms with Crippen molar-refractivity contribution in [1.82, 2.24) is 0 Å². The van der Waals surface area contributed by atoms with Crippen LogP contribution in [0.4, 0.5) is 0 Å². The van der Waals surface area contributed by atoms with Gasteiger partial charge in [-0.2, -0.15) is 0 Å². The maximum atomic E-state index is 9.01. The smallest absolute Gasteiger partial charge is 0.101 e. The summed E-state index contributed by atoms with van der Waals surface area (Å²) >= 11 is 0. The summed E-state index contributed by atoms with van der Waals surface area (Å²) < 4.78 is 0. The lowest BCUT2D eigenvalue weighted by atomic mass is 9.88. The number of hydrogen-bond donors (Lipinski definition) is 1. The van der Waals surface area contributed by atoms with Crippen LogP contribution in [0.1, 0.15) is 39.2 Å². The molecule has 0 radical (unpaired) electrons. The second-order valence-electron chi connectivity index (χ2n) is 5.12. The minimum Gasteiger partial charge on any atom is -0.251 e. The van der Waals surface area contributed by atoms with Gasteiger partial charge in [-0.25, -0.2) is 4.89 Å². The molecular weight excluding hydrogens is 200 g/mol. The fraction of sp³-hybridized carbons (Fsp3) is 0.571. The number of hydrogen-bond acceptors (Lipinski definition) is 2. The Morgan fingerprint density at radius 2 is 1.88 bits per heavy atom. The summed E-state index contributed by atoms with van der Waals surface area (Å²) in [5.74, 6) is 0.521. The molecule has 1 rings (SSSR count). The molecule has 0 heterocycles. The van der Waals surface area contributed by atoms with Crippen molar-refractivity contribution < 1.29 is 10.1 Å². The first kappa shape index (κ1) is 13.2. The summed E-state index contributed by atoms with van der Waals surface area (Å²) in [5, 5.41) is 9.01. The van der Waals surface area contributed by atoms with Gasteiger partial charge in [0, 0.05) is 0 Å². The molecule has 0 saturated heterocycles. The van der Waals surface area contributed by atoms with Gasteiger partial charge in [-0.05, 0) is 37.7 Å². The first-order valence-corrected chi connectivity index (χ1v) is 5.92. The summed E-state index contributed by atoms with van der Waals surface area (Å²) in [7, 11) is 0. The van der Waals surface area contributed by atoms with Gasteiger partial charge >= 0.3 is 0 Å². The molecule has 16 heavy (non-hydrogen) atoms. The lowest BCUT2D eigenvalue weighted by molar-refractivity contribution is -0.323. The molecule has 90 valence electrons. The maximum absolute atomic E-state index is 9.01. The molecule has 0 amide bonds. The van der Waals surface area contributed by atoms with E-state index in [1.807, 2.05) is 25.1 Å². The normalized spacial score (nSPS) is 15.1. The van der Waals surface area contributed by atoms with Crippen LogP contribution < -0.4 is 0 Å². The molecule has 1 N–H and O–H groups in total. The van der Waals surface area contributed by atoms with E-state index in [1.165, 1.54) is 5.56 Å². The first-order valence-electron chi connectivity index (χ1n) is 5.92. The van der Waals surface area contributed by atoms with Crippen molar-refractivity contribution in [3.8, 4) is 0 Å². The molecule has 1 atom stereocenters. The summed E-state index contributed by atoms with van der Waals surface area (Å²) in [4.78, 5) is 4.67. The predicted molar refractivity (Wildman–Crippen MR) is 66.3 cm³/mol. The van der Waals surface area contributed by atoms with E-state index >= 15 is 0 Å². The molecule has 0 spiro atoms. The topological polar surface area (TPSA) is 29.5 Å². The Bertz CT molecular complexity index is 295. The van der Waals surface area contributed by atoms with Crippen molar-refractivity contribution in [3.63, 3.8) is 0 Å². The van der Waals surface area contributed by atoms with Crippen LogP contribution in [0.5, 0.6) is 0 Å². The van der Waals surface area contributed by atoms with Gasteiger partial charge in [0.25, 0.3) is 0 Å². The van der Waals surface area contributed by atoms with E-state index in [2.05, 4.69) is 30.9 Å². The Morgan fingerprint density at radius 3 is 2.38 bits per heavy atom. The van der Waals surface area contributed by atoms with Gasteiger partial charge in [-0.1, -0.05) is 44.2 Å². The minimum atomic E-state index is -0.427. The first-order chi connectivity index (χ1) is 7.56. The minimum absolute atomic E-state index is 0.427. The summed E-state index contributed by atoms with van der Waals surface area (Å²) in [6.45, 7) is 6.25.